The van der Waals surface area contributed by atoms with E-state index in [0.29, 0.717) is 65.6 Å². The summed E-state index contributed by atoms with van der Waals surface area (Å²) in [4.78, 5) is 71.4. The fraction of sp³-hybridized carbons (Fsp3) is 0.875. The second-order valence-corrected chi connectivity index (χ2v) is 16.2. The molecule has 2 rings (SSSR count). The van der Waals surface area contributed by atoms with Crippen LogP contribution in [0.5, 0.6) is 0 Å². The zero-order valence-electron chi connectivity index (χ0n) is 38.4. The van der Waals surface area contributed by atoms with Crippen LogP contribution in [0.2, 0.25) is 0 Å². The number of aliphatic hydroxyl groups excluding tert-OH is 3. The summed E-state index contributed by atoms with van der Waals surface area (Å²) in [5, 5.41) is 92.7. The Morgan fingerprint density at radius 2 is 0.716 bits per heavy atom. The van der Waals surface area contributed by atoms with E-state index in [0.717, 1.165) is 0 Å². The molecular weight excluding hydrogens is 1180 g/mol. The van der Waals surface area contributed by atoms with Crippen molar-refractivity contribution in [3.63, 3.8) is 0 Å². The maximum atomic E-state index is 11.6. The van der Waals surface area contributed by atoms with Gasteiger partial charge in [-0.25, -0.2) is 0 Å². The summed E-state index contributed by atoms with van der Waals surface area (Å²) in [6.07, 6.45) is -1.93. The van der Waals surface area contributed by atoms with Gasteiger partial charge in [0.25, 0.3) is 0 Å². The van der Waals surface area contributed by atoms with Gasteiger partial charge >= 0.3 is 79.9 Å². The quantitative estimate of drug-likeness (QED) is 0.0506. The number of aliphatic carboxylic acids is 5. The van der Waals surface area contributed by atoms with E-state index in [9.17, 15) is 59.7 Å². The Hall–Kier alpha value is -0.601. The van der Waals surface area contributed by atoms with Gasteiger partial charge in [0, 0.05) is 170 Å². The van der Waals surface area contributed by atoms with Crippen LogP contribution in [0.25, 0.3) is 0 Å². The average Bonchev–Trinajstić information content (AvgIpc) is 3.21. The summed E-state index contributed by atoms with van der Waals surface area (Å²) in [5.74, 6) is -6.45. The van der Waals surface area contributed by atoms with Crippen LogP contribution < -0.4 is 30.8 Å². The van der Waals surface area contributed by atoms with Crippen LogP contribution in [-0.2, 0) is 38.2 Å². The smallest absolute Gasteiger partial charge is 0.549 e. The van der Waals surface area contributed by atoms with Crippen LogP contribution in [0.4, 0.5) is 0 Å². The predicted molar refractivity (Wildman–Crippen MR) is 221 cm³/mol. The monoisotopic (exact) mass is 1250 g/mol. The van der Waals surface area contributed by atoms with E-state index in [1.165, 1.54) is 0 Å². The molecule has 0 aromatic heterocycles. The third kappa shape index (κ3) is 36.0. The van der Waals surface area contributed by atoms with Crippen LogP contribution in [0.3, 0.4) is 0 Å². The van der Waals surface area contributed by atoms with Crippen molar-refractivity contribution in [2.75, 3.05) is 216 Å². The summed E-state index contributed by atoms with van der Waals surface area (Å²) < 4.78 is 16.5. The molecule has 2 aliphatic rings. The van der Waals surface area contributed by atoms with Gasteiger partial charge in [0.15, 0.2) is 0 Å². The molecule has 0 aliphatic carbocycles. The largest absolute Gasteiger partial charge is 3.00 e. The number of carbonyl (C=O) groups is 5. The SMILES string of the molecule is O=C([O-])CN1CCNCCN(CC(O)CN(CCOCCOCCOCCO)CC(O)CN2CCN(CC(=O)[O-])CCN(CC(=O)[O-])CCN(CC(=O)[O-])CC2)CCN(CC(=O)[O-])CC1.[Gd+3].[Gd+3]. The van der Waals surface area contributed by atoms with Crippen LogP contribution in [0.1, 0.15) is 0 Å². The molecule has 388 valence electrons. The molecule has 25 nitrogen and oxygen atoms in total. The molecule has 0 spiro atoms. The van der Waals surface area contributed by atoms with E-state index < -0.39 is 61.7 Å². The summed E-state index contributed by atoms with van der Waals surface area (Å²) in [6.45, 7) is 5.26. The van der Waals surface area contributed by atoms with Crippen LogP contribution >= 0.6 is 0 Å². The fourth-order valence-electron chi connectivity index (χ4n) is 7.51. The van der Waals surface area contributed by atoms with Gasteiger partial charge in [-0.15, -0.1) is 0 Å². The Morgan fingerprint density at radius 3 is 1.04 bits per heavy atom. The molecule has 2 fully saturated rings. The molecule has 2 atom stereocenters. The van der Waals surface area contributed by atoms with E-state index in [1.54, 1.807) is 24.5 Å². The number of carboxylic acid groups (broad SMARTS) is 5. The van der Waals surface area contributed by atoms with Gasteiger partial charge < -0.3 is 84.4 Å². The van der Waals surface area contributed by atoms with E-state index in [-0.39, 0.29) is 211 Å². The van der Waals surface area contributed by atoms with Crippen LogP contribution in [-0.4, -0.2) is 313 Å². The zero-order valence-corrected chi connectivity index (χ0v) is 43.0. The van der Waals surface area contributed by atoms with Crippen LogP contribution in [0.15, 0.2) is 0 Å². The molecule has 2 heterocycles. The van der Waals surface area contributed by atoms with Crippen molar-refractivity contribution in [1.82, 2.24) is 44.5 Å². The molecule has 0 saturated carbocycles. The third-order valence-electron chi connectivity index (χ3n) is 10.8. The normalized spacial score (nSPS) is 19.1. The number of carboxylic acids is 5. The number of rotatable bonds is 29. The van der Waals surface area contributed by atoms with Gasteiger partial charge in [-0.3, -0.25) is 39.2 Å². The van der Waals surface area contributed by atoms with Gasteiger partial charge in [0.1, 0.15) is 0 Å². The van der Waals surface area contributed by atoms with Crippen molar-refractivity contribution in [2.24, 2.45) is 0 Å². The van der Waals surface area contributed by atoms with E-state index in [4.69, 9.17) is 19.3 Å². The standard InChI is InChI=1S/C40H77N9O16.2Gd/c50-18-20-64-22-24-65-23-21-63-19-17-49(27-34(51)25-42-3-1-41-2-4-43(29-36(53)54)6-10-45(9-5-42)30-37(55)56)28-35(52)26-44-7-11-46(31-38(57)58)13-15-48(33-40(61)62)16-14-47(12-8-44)32-39(59)60;;/h34-35,41,50-52H,1-33H2,(H,53,54)(H,55,56)(H,57,58)(H,59,60)(H,61,62);;/q;2*+3/p-5. The molecule has 67 heavy (non-hydrogen) atoms. The van der Waals surface area contributed by atoms with Crippen molar-refractivity contribution in [3.05, 3.63) is 0 Å². The molecule has 2 unspecified atom stereocenters. The Balaban J connectivity index is 0.0000218. The van der Waals surface area contributed by atoms with Gasteiger partial charge in [0.05, 0.1) is 88.3 Å². The molecule has 2 saturated heterocycles. The maximum absolute atomic E-state index is 11.6. The molecule has 27 heteroatoms. The summed E-state index contributed by atoms with van der Waals surface area (Å²) in [5.41, 5.74) is 0. The Morgan fingerprint density at radius 1 is 0.448 bits per heavy atom. The topological polar surface area (TPSA) is 327 Å². The number of ether oxygens (including phenoxy) is 3. The molecule has 0 amide bonds. The minimum atomic E-state index is -1.32. The fourth-order valence-corrected chi connectivity index (χ4v) is 7.51. The first kappa shape index (κ1) is 66.4. The van der Waals surface area contributed by atoms with Gasteiger partial charge in [-0.1, -0.05) is 0 Å². The number of hydrogen-bond donors (Lipinski definition) is 4. The summed E-state index contributed by atoms with van der Waals surface area (Å²) in [6, 6.07) is 0. The van der Waals surface area contributed by atoms with E-state index >= 15 is 0 Å². The van der Waals surface area contributed by atoms with Crippen molar-refractivity contribution < 1.29 is 159 Å². The van der Waals surface area contributed by atoms with Crippen molar-refractivity contribution >= 4 is 29.8 Å². The molecular formula is C40H72Gd2N9O16+. The summed E-state index contributed by atoms with van der Waals surface area (Å²) >= 11 is 0. The van der Waals surface area contributed by atoms with Gasteiger partial charge in [-0.2, -0.15) is 0 Å². The Labute approximate surface area is 457 Å². The maximum Gasteiger partial charge on any atom is 3.00 e. The number of hydrogen-bond acceptors (Lipinski definition) is 25. The van der Waals surface area contributed by atoms with E-state index in [2.05, 4.69) is 5.32 Å². The second kappa shape index (κ2) is 40.9. The van der Waals surface area contributed by atoms with Gasteiger partial charge in [0.2, 0.25) is 0 Å². The molecule has 0 aromatic rings. The van der Waals surface area contributed by atoms with Gasteiger partial charge in [-0.05, 0) is 0 Å². The molecule has 4 N–H and O–H groups in total. The molecule has 2 aliphatic heterocycles. The first-order chi connectivity index (χ1) is 31.1. The number of aliphatic hydroxyl groups is 3. The summed E-state index contributed by atoms with van der Waals surface area (Å²) in [7, 11) is 0. The molecule has 0 bridgehead atoms. The minimum absolute atomic E-state index is 0. The minimum Gasteiger partial charge on any atom is -0.549 e. The number of carbonyl (C=O) groups excluding carboxylic acids is 5. The first-order valence-corrected chi connectivity index (χ1v) is 22.3. The molecule has 2 radical (unpaired) electrons. The van der Waals surface area contributed by atoms with Crippen molar-refractivity contribution in [3.8, 4) is 0 Å². The molecule has 0 aromatic carbocycles. The number of β-amino-alcohol motifs (C(OH)–C–C–N with tert-alkyl or cyclic N) is 2. The number of nitrogens with zero attached hydrogens (tertiary/aromatic N) is 8. The van der Waals surface area contributed by atoms with E-state index in [1.807, 2.05) is 14.7 Å². The van der Waals surface area contributed by atoms with Crippen molar-refractivity contribution in [2.45, 2.75) is 12.2 Å². The Bertz CT molecular complexity index is 1330. The Kier molecular flexibility index (Phi) is 40.6. The zero-order chi connectivity index (χ0) is 47.8. The predicted octanol–water partition coefficient (Wildman–Crippen LogP) is -12.5. The average molecular weight is 1250 g/mol. The van der Waals surface area contributed by atoms with Crippen molar-refractivity contribution in [1.29, 1.82) is 0 Å². The van der Waals surface area contributed by atoms with Crippen LogP contribution in [0, 0.1) is 79.9 Å². The first-order valence-electron chi connectivity index (χ1n) is 22.3. The second-order valence-electron chi connectivity index (χ2n) is 16.2. The number of nitrogens with one attached hydrogen (secondary N) is 1. The third-order valence-corrected chi connectivity index (χ3v) is 10.8.